The average Bonchev–Trinajstić information content (AvgIpc) is 2.53. The van der Waals surface area contributed by atoms with Crippen molar-refractivity contribution in [3.05, 3.63) is 65.2 Å². The Kier molecular flexibility index (Phi) is 5.37. The molecule has 134 valence electrons. The van der Waals surface area contributed by atoms with Crippen molar-refractivity contribution in [3.63, 3.8) is 0 Å². The van der Waals surface area contributed by atoms with Crippen molar-refractivity contribution in [3.8, 4) is 0 Å². The summed E-state index contributed by atoms with van der Waals surface area (Å²) in [5.74, 6) is -0.153. The Hall–Kier alpha value is -2.14. The Bertz CT molecular complexity index is 845. The normalized spacial score (nSPS) is 13.3. The maximum absolute atomic E-state index is 12.4. The van der Waals surface area contributed by atoms with Gasteiger partial charge in [0.2, 0.25) is 0 Å². The Morgan fingerprint density at radius 3 is 1.92 bits per heavy atom. The number of hydrogen-bond acceptors (Lipinski definition) is 3. The van der Waals surface area contributed by atoms with Crippen LogP contribution in [0.15, 0.2) is 53.4 Å². The Morgan fingerprint density at radius 1 is 0.960 bits per heavy atom. The number of rotatable bonds is 4. The molecule has 2 aromatic rings. The van der Waals surface area contributed by atoms with Gasteiger partial charge >= 0.3 is 0 Å². The van der Waals surface area contributed by atoms with Crippen LogP contribution in [0.25, 0.3) is 0 Å². The highest BCUT2D eigenvalue weighted by molar-refractivity contribution is 7.90. The fraction of sp³-hybridized carbons (Fsp3) is 0.350. The number of nitrogens with one attached hydrogen (secondary N) is 1. The van der Waals surface area contributed by atoms with Gasteiger partial charge in [0.25, 0.3) is 5.91 Å². The van der Waals surface area contributed by atoms with Crippen LogP contribution in [0, 0.1) is 0 Å². The first-order valence-electron chi connectivity index (χ1n) is 8.20. The van der Waals surface area contributed by atoms with E-state index in [1.807, 2.05) is 31.2 Å². The van der Waals surface area contributed by atoms with Gasteiger partial charge in [0.05, 0.1) is 10.9 Å². The van der Waals surface area contributed by atoms with Gasteiger partial charge in [-0.1, -0.05) is 45.0 Å². The Balaban J connectivity index is 2.09. The molecule has 1 atom stereocenters. The second-order valence-corrected chi connectivity index (χ2v) is 9.38. The molecule has 0 spiro atoms. The van der Waals surface area contributed by atoms with E-state index in [1.165, 1.54) is 11.8 Å². The van der Waals surface area contributed by atoms with Gasteiger partial charge in [-0.05, 0) is 47.7 Å². The molecule has 2 aromatic carbocycles. The summed E-state index contributed by atoms with van der Waals surface area (Å²) in [5, 5.41) is 2.94. The third kappa shape index (κ3) is 4.92. The van der Waals surface area contributed by atoms with Crippen molar-refractivity contribution in [2.45, 2.75) is 44.0 Å². The molecule has 0 aliphatic heterocycles. The minimum Gasteiger partial charge on any atom is -0.346 e. The van der Waals surface area contributed by atoms with E-state index in [4.69, 9.17) is 0 Å². The third-order valence-corrected chi connectivity index (χ3v) is 5.30. The van der Waals surface area contributed by atoms with E-state index in [-0.39, 0.29) is 22.3 Å². The molecule has 4 nitrogen and oxygen atoms in total. The van der Waals surface area contributed by atoms with E-state index < -0.39 is 9.84 Å². The van der Waals surface area contributed by atoms with Crippen molar-refractivity contribution in [1.29, 1.82) is 0 Å². The SMILES string of the molecule is CC(NC(=O)c1ccc(C(C)(C)C)cc1)c1ccc(S(C)(=O)=O)cc1. The minimum absolute atomic E-state index is 0.0453. The van der Waals surface area contributed by atoms with Gasteiger partial charge in [0.1, 0.15) is 0 Å². The molecular weight excluding hydrogens is 334 g/mol. The maximum Gasteiger partial charge on any atom is 0.251 e. The van der Waals surface area contributed by atoms with Gasteiger partial charge in [-0.15, -0.1) is 0 Å². The van der Waals surface area contributed by atoms with Gasteiger partial charge in [0, 0.05) is 11.8 Å². The monoisotopic (exact) mass is 359 g/mol. The first-order chi connectivity index (χ1) is 11.5. The van der Waals surface area contributed by atoms with Gasteiger partial charge < -0.3 is 5.32 Å². The lowest BCUT2D eigenvalue weighted by Gasteiger charge is -2.19. The standard InChI is InChI=1S/C20H25NO3S/c1-14(15-8-12-18(13-9-15)25(5,23)24)21-19(22)16-6-10-17(11-7-16)20(2,3)4/h6-14H,1-5H3,(H,21,22). The van der Waals surface area contributed by atoms with Crippen LogP contribution in [0.5, 0.6) is 0 Å². The summed E-state index contributed by atoms with van der Waals surface area (Å²) >= 11 is 0. The molecule has 25 heavy (non-hydrogen) atoms. The third-order valence-electron chi connectivity index (χ3n) is 4.17. The fourth-order valence-corrected chi connectivity index (χ4v) is 3.12. The van der Waals surface area contributed by atoms with Crippen LogP contribution in [0.2, 0.25) is 0 Å². The molecule has 0 saturated heterocycles. The number of carbonyl (C=O) groups excluding carboxylic acids is 1. The van der Waals surface area contributed by atoms with Crippen LogP contribution in [-0.4, -0.2) is 20.6 Å². The quantitative estimate of drug-likeness (QED) is 0.901. The van der Waals surface area contributed by atoms with E-state index in [0.717, 1.165) is 5.56 Å². The number of sulfone groups is 1. The molecule has 2 rings (SSSR count). The van der Waals surface area contributed by atoms with Gasteiger partial charge in [-0.25, -0.2) is 8.42 Å². The smallest absolute Gasteiger partial charge is 0.251 e. The highest BCUT2D eigenvalue weighted by Gasteiger charge is 2.16. The van der Waals surface area contributed by atoms with Crippen LogP contribution in [0.3, 0.4) is 0 Å². The molecule has 0 radical (unpaired) electrons. The lowest BCUT2D eigenvalue weighted by Crippen LogP contribution is -2.26. The number of benzene rings is 2. The summed E-state index contributed by atoms with van der Waals surface area (Å²) in [5.41, 5.74) is 2.68. The summed E-state index contributed by atoms with van der Waals surface area (Å²) in [6.07, 6.45) is 1.18. The zero-order valence-electron chi connectivity index (χ0n) is 15.3. The summed E-state index contributed by atoms with van der Waals surface area (Å²) in [7, 11) is -3.21. The summed E-state index contributed by atoms with van der Waals surface area (Å²) in [6.45, 7) is 8.26. The van der Waals surface area contributed by atoms with Gasteiger partial charge in [-0.2, -0.15) is 0 Å². The van der Waals surface area contributed by atoms with Crippen LogP contribution in [0.1, 0.15) is 55.2 Å². The second-order valence-electron chi connectivity index (χ2n) is 7.36. The fourth-order valence-electron chi connectivity index (χ4n) is 2.49. The number of amides is 1. The molecule has 5 heteroatoms. The second kappa shape index (κ2) is 7.00. The molecular formula is C20H25NO3S. The van der Waals surface area contributed by atoms with Crippen LogP contribution in [-0.2, 0) is 15.3 Å². The first kappa shape index (κ1) is 19.2. The zero-order valence-corrected chi connectivity index (χ0v) is 16.1. The van der Waals surface area contributed by atoms with Crippen molar-refractivity contribution in [2.24, 2.45) is 0 Å². The van der Waals surface area contributed by atoms with Crippen LogP contribution >= 0.6 is 0 Å². The van der Waals surface area contributed by atoms with Gasteiger partial charge in [-0.3, -0.25) is 4.79 Å². The Morgan fingerprint density at radius 2 is 1.48 bits per heavy atom. The van der Waals surface area contributed by atoms with Crippen molar-refractivity contribution >= 4 is 15.7 Å². The van der Waals surface area contributed by atoms with Crippen molar-refractivity contribution in [2.75, 3.05) is 6.26 Å². The zero-order chi connectivity index (χ0) is 18.8. The molecule has 0 aliphatic carbocycles. The number of hydrogen-bond donors (Lipinski definition) is 1. The van der Waals surface area contributed by atoms with Gasteiger partial charge in [0.15, 0.2) is 9.84 Å². The molecule has 0 aromatic heterocycles. The largest absolute Gasteiger partial charge is 0.346 e. The number of carbonyl (C=O) groups is 1. The Labute approximate surface area is 150 Å². The molecule has 1 amide bonds. The van der Waals surface area contributed by atoms with Crippen molar-refractivity contribution in [1.82, 2.24) is 5.32 Å². The predicted molar refractivity (Wildman–Crippen MR) is 101 cm³/mol. The van der Waals surface area contributed by atoms with Crippen molar-refractivity contribution < 1.29 is 13.2 Å². The van der Waals surface area contributed by atoms with E-state index in [9.17, 15) is 13.2 Å². The molecule has 1 unspecified atom stereocenters. The molecule has 1 N–H and O–H groups in total. The molecule has 0 aliphatic rings. The molecule has 0 bridgehead atoms. The lowest BCUT2D eigenvalue weighted by atomic mass is 9.86. The predicted octanol–water partition coefficient (Wildman–Crippen LogP) is 3.88. The van der Waals surface area contributed by atoms with Crippen LogP contribution < -0.4 is 5.32 Å². The minimum atomic E-state index is -3.21. The highest BCUT2D eigenvalue weighted by Crippen LogP contribution is 2.22. The highest BCUT2D eigenvalue weighted by atomic mass is 32.2. The molecule has 0 saturated carbocycles. The topological polar surface area (TPSA) is 63.2 Å². The molecule has 0 heterocycles. The van der Waals surface area contributed by atoms with E-state index in [0.29, 0.717) is 5.56 Å². The van der Waals surface area contributed by atoms with E-state index in [2.05, 4.69) is 26.1 Å². The summed E-state index contributed by atoms with van der Waals surface area (Å²) < 4.78 is 23.0. The lowest BCUT2D eigenvalue weighted by molar-refractivity contribution is 0.0940. The van der Waals surface area contributed by atoms with E-state index in [1.54, 1.807) is 24.3 Å². The summed E-state index contributed by atoms with van der Waals surface area (Å²) in [4.78, 5) is 12.7. The van der Waals surface area contributed by atoms with E-state index >= 15 is 0 Å². The van der Waals surface area contributed by atoms with Crippen LogP contribution in [0.4, 0.5) is 0 Å². The average molecular weight is 359 g/mol. The molecule has 0 fully saturated rings. The maximum atomic E-state index is 12.4. The first-order valence-corrected chi connectivity index (χ1v) is 10.1. The summed E-state index contributed by atoms with van der Waals surface area (Å²) in [6, 6.07) is 14.0.